The minimum Gasteiger partial charge on any atom is -0.493 e. The molecule has 5 rings (SSSR count). The zero-order chi connectivity index (χ0) is 33.1. The summed E-state index contributed by atoms with van der Waals surface area (Å²) in [5, 5.41) is 13.8. The van der Waals surface area contributed by atoms with E-state index in [1.807, 2.05) is 12.1 Å². The number of anilines is 3. The SMILES string of the molecule is COc1cc2c(Nc3cc(CC(=O)Nc4cccc(F)c4)[nH]n3)ncnc2cc1OCCCN1CCC(C(C)(C)C)C1C(C)(C)C. The van der Waals surface area contributed by atoms with Crippen LogP contribution in [0.5, 0.6) is 11.5 Å². The summed E-state index contributed by atoms with van der Waals surface area (Å²) in [7, 11) is 1.62. The molecule has 46 heavy (non-hydrogen) atoms. The van der Waals surface area contributed by atoms with E-state index in [2.05, 4.69) is 77.2 Å². The first-order chi connectivity index (χ1) is 21.8. The maximum absolute atomic E-state index is 13.4. The van der Waals surface area contributed by atoms with Gasteiger partial charge in [-0.3, -0.25) is 14.8 Å². The minimum absolute atomic E-state index is 0.0377. The summed E-state index contributed by atoms with van der Waals surface area (Å²) >= 11 is 0. The van der Waals surface area contributed by atoms with Gasteiger partial charge in [0.05, 0.1) is 25.7 Å². The highest BCUT2D eigenvalue weighted by Gasteiger charge is 2.45. The Morgan fingerprint density at radius 3 is 2.59 bits per heavy atom. The first-order valence-corrected chi connectivity index (χ1v) is 15.9. The smallest absolute Gasteiger partial charge is 0.230 e. The highest BCUT2D eigenvalue weighted by molar-refractivity contribution is 5.93. The summed E-state index contributed by atoms with van der Waals surface area (Å²) in [5.41, 5.74) is 2.15. The number of carbonyl (C=O) groups excluding carboxylic acids is 1. The van der Waals surface area contributed by atoms with Crippen molar-refractivity contribution in [3.8, 4) is 11.5 Å². The van der Waals surface area contributed by atoms with Crippen LogP contribution in [-0.4, -0.2) is 63.8 Å². The standard InChI is InChI=1S/C35H46FN7O3/c1-34(2,3)26-12-14-43(32(26)35(4,5)6)13-9-15-46-29-20-27-25(19-28(29)45-7)33(38-21-37-27)40-30-17-24(41-42-30)18-31(44)39-23-11-8-10-22(36)16-23/h8,10-11,16-17,19-21,26,32H,9,12-15,18H2,1-7H3,(H,39,44)(H2,37,38,40,41,42). The van der Waals surface area contributed by atoms with Gasteiger partial charge in [0.25, 0.3) is 0 Å². The largest absolute Gasteiger partial charge is 0.493 e. The molecule has 0 aliphatic carbocycles. The lowest BCUT2D eigenvalue weighted by atomic mass is 9.69. The topological polar surface area (TPSA) is 117 Å². The fourth-order valence-corrected chi connectivity index (χ4v) is 6.63. The maximum Gasteiger partial charge on any atom is 0.230 e. The van der Waals surface area contributed by atoms with Crippen molar-refractivity contribution in [3.05, 3.63) is 60.3 Å². The van der Waals surface area contributed by atoms with Crippen LogP contribution in [0.25, 0.3) is 10.9 Å². The Bertz CT molecular complexity index is 1660. The number of H-pyrrole nitrogens is 1. The molecule has 2 atom stereocenters. The number of fused-ring (bicyclic) bond motifs is 1. The van der Waals surface area contributed by atoms with Crippen LogP contribution < -0.4 is 20.1 Å². The Balaban J connectivity index is 1.21. The van der Waals surface area contributed by atoms with Crippen molar-refractivity contribution in [2.45, 2.75) is 66.8 Å². The molecule has 3 heterocycles. The van der Waals surface area contributed by atoms with E-state index in [1.165, 1.54) is 24.9 Å². The van der Waals surface area contributed by atoms with Gasteiger partial charge in [-0.2, -0.15) is 5.10 Å². The van der Waals surface area contributed by atoms with Gasteiger partial charge in [0.15, 0.2) is 17.3 Å². The highest BCUT2D eigenvalue weighted by atomic mass is 19.1. The van der Waals surface area contributed by atoms with Crippen LogP contribution in [0.3, 0.4) is 0 Å². The number of aromatic nitrogens is 4. The Kier molecular flexibility index (Phi) is 9.81. The summed E-state index contributed by atoms with van der Waals surface area (Å²) in [4.78, 5) is 24.0. The maximum atomic E-state index is 13.4. The Hall–Kier alpha value is -4.25. The molecule has 0 saturated carbocycles. The fraction of sp³-hybridized carbons (Fsp3) is 0.486. The number of nitrogens with zero attached hydrogens (tertiary/aromatic N) is 4. The molecule has 1 aliphatic heterocycles. The molecule has 11 heteroatoms. The van der Waals surface area contributed by atoms with E-state index < -0.39 is 5.82 Å². The number of nitrogens with one attached hydrogen (secondary N) is 3. The molecule has 0 radical (unpaired) electrons. The average molecular weight is 632 g/mol. The Labute approximate surface area is 270 Å². The number of benzene rings is 2. The number of ether oxygens (including phenoxy) is 2. The van der Waals surface area contributed by atoms with Crippen LogP contribution in [-0.2, 0) is 11.2 Å². The van der Waals surface area contributed by atoms with E-state index in [1.54, 1.807) is 25.3 Å². The Morgan fingerprint density at radius 1 is 1.07 bits per heavy atom. The highest BCUT2D eigenvalue weighted by Crippen LogP contribution is 2.45. The third-order valence-electron chi connectivity index (χ3n) is 8.61. The first-order valence-electron chi connectivity index (χ1n) is 15.9. The quantitative estimate of drug-likeness (QED) is 0.152. The van der Waals surface area contributed by atoms with Crippen molar-refractivity contribution in [2.75, 3.05) is 37.4 Å². The molecule has 10 nitrogen and oxygen atoms in total. The lowest BCUT2D eigenvalue weighted by molar-refractivity contribution is -0.115. The second kappa shape index (κ2) is 13.6. The molecule has 2 aromatic carbocycles. The van der Waals surface area contributed by atoms with Crippen molar-refractivity contribution < 1.29 is 18.7 Å². The first kappa shape index (κ1) is 33.1. The van der Waals surface area contributed by atoms with Gasteiger partial charge in [-0.15, -0.1) is 0 Å². The zero-order valence-corrected chi connectivity index (χ0v) is 27.9. The second-order valence-corrected chi connectivity index (χ2v) is 14.2. The molecule has 1 aliphatic rings. The number of amides is 1. The van der Waals surface area contributed by atoms with Crippen LogP contribution in [0, 0.1) is 22.6 Å². The van der Waals surface area contributed by atoms with Gasteiger partial charge in [0.1, 0.15) is 18.0 Å². The predicted molar refractivity (Wildman–Crippen MR) is 179 cm³/mol. The van der Waals surface area contributed by atoms with E-state index in [0.29, 0.717) is 58.6 Å². The monoisotopic (exact) mass is 631 g/mol. The van der Waals surface area contributed by atoms with Crippen LogP contribution in [0.4, 0.5) is 21.7 Å². The minimum atomic E-state index is -0.417. The lowest BCUT2D eigenvalue weighted by Gasteiger charge is -2.43. The van der Waals surface area contributed by atoms with E-state index >= 15 is 0 Å². The molecule has 1 amide bonds. The second-order valence-electron chi connectivity index (χ2n) is 14.2. The molecule has 4 aromatic rings. The van der Waals surface area contributed by atoms with Crippen LogP contribution in [0.1, 0.15) is 60.1 Å². The van der Waals surface area contributed by atoms with Crippen LogP contribution in [0.15, 0.2) is 48.8 Å². The molecular formula is C35H46FN7O3. The van der Waals surface area contributed by atoms with Crippen LogP contribution >= 0.6 is 0 Å². The fourth-order valence-electron chi connectivity index (χ4n) is 6.63. The third-order valence-corrected chi connectivity index (χ3v) is 8.61. The van der Waals surface area contributed by atoms with Gasteiger partial charge < -0.3 is 20.1 Å². The van der Waals surface area contributed by atoms with Crippen molar-refractivity contribution in [3.63, 3.8) is 0 Å². The molecule has 0 spiro atoms. The molecule has 1 fully saturated rings. The van der Waals surface area contributed by atoms with Gasteiger partial charge >= 0.3 is 0 Å². The molecule has 246 valence electrons. The van der Waals surface area contributed by atoms with E-state index in [0.717, 1.165) is 24.9 Å². The summed E-state index contributed by atoms with van der Waals surface area (Å²) in [6.45, 7) is 16.8. The number of aromatic amines is 1. The average Bonchev–Trinajstić information content (AvgIpc) is 3.62. The van der Waals surface area contributed by atoms with E-state index in [-0.39, 0.29) is 23.2 Å². The number of carbonyl (C=O) groups is 1. The summed E-state index contributed by atoms with van der Waals surface area (Å²) < 4.78 is 25.4. The molecule has 2 unspecified atom stereocenters. The van der Waals surface area contributed by atoms with Gasteiger partial charge in [-0.1, -0.05) is 47.6 Å². The van der Waals surface area contributed by atoms with Gasteiger partial charge in [-0.25, -0.2) is 14.4 Å². The predicted octanol–water partition coefficient (Wildman–Crippen LogP) is 6.98. The number of halogens is 1. The molecule has 0 bridgehead atoms. The molecule has 3 N–H and O–H groups in total. The number of hydrogen-bond acceptors (Lipinski definition) is 8. The third kappa shape index (κ3) is 7.93. The number of methoxy groups -OCH3 is 1. The summed E-state index contributed by atoms with van der Waals surface area (Å²) in [6.07, 6.45) is 3.65. The molecule has 2 aromatic heterocycles. The van der Waals surface area contributed by atoms with Gasteiger partial charge in [-0.05, 0) is 60.4 Å². The van der Waals surface area contributed by atoms with Gasteiger partial charge in [0, 0.05) is 41.5 Å². The normalized spacial score (nSPS) is 17.3. The lowest BCUT2D eigenvalue weighted by Crippen LogP contribution is -2.46. The number of likely N-dealkylation sites (tertiary alicyclic amines) is 1. The van der Waals surface area contributed by atoms with E-state index in [4.69, 9.17) is 9.47 Å². The zero-order valence-electron chi connectivity index (χ0n) is 27.9. The van der Waals surface area contributed by atoms with Crippen molar-refractivity contribution >= 4 is 34.1 Å². The Morgan fingerprint density at radius 2 is 1.87 bits per heavy atom. The van der Waals surface area contributed by atoms with Crippen molar-refractivity contribution in [2.24, 2.45) is 16.7 Å². The summed E-state index contributed by atoms with van der Waals surface area (Å²) in [6, 6.07) is 11.7. The number of rotatable bonds is 11. The molecule has 1 saturated heterocycles. The van der Waals surface area contributed by atoms with Crippen molar-refractivity contribution in [1.29, 1.82) is 0 Å². The summed E-state index contributed by atoms with van der Waals surface area (Å²) in [5.74, 6) is 2.19. The van der Waals surface area contributed by atoms with Crippen LogP contribution in [0.2, 0.25) is 0 Å². The number of hydrogen-bond donors (Lipinski definition) is 3. The molecular weight excluding hydrogens is 585 g/mol. The van der Waals surface area contributed by atoms with Crippen molar-refractivity contribution in [1.82, 2.24) is 25.1 Å². The van der Waals surface area contributed by atoms with Gasteiger partial charge in [0.2, 0.25) is 5.91 Å². The van der Waals surface area contributed by atoms with E-state index in [9.17, 15) is 9.18 Å².